The van der Waals surface area contributed by atoms with Gasteiger partial charge in [-0.05, 0) is 38.5 Å². The van der Waals surface area contributed by atoms with Crippen molar-refractivity contribution in [1.29, 1.82) is 0 Å². The van der Waals surface area contributed by atoms with Crippen LogP contribution in [0, 0.1) is 5.82 Å². The van der Waals surface area contributed by atoms with E-state index < -0.39 is 23.5 Å². The first-order valence-electron chi connectivity index (χ1n) is 12.1. The number of phenolic OH excluding ortho intramolecular Hbond substituents is 1. The van der Waals surface area contributed by atoms with Crippen molar-refractivity contribution in [1.82, 2.24) is 14.8 Å². The van der Waals surface area contributed by atoms with Crippen molar-refractivity contribution in [3.8, 4) is 22.8 Å². The number of rotatable bonds is 3. The number of phenols is 1. The number of aliphatic hydroxyl groups excluding tert-OH is 1. The highest BCUT2D eigenvalue weighted by Gasteiger charge is 2.46. The molecule has 0 spiro atoms. The summed E-state index contributed by atoms with van der Waals surface area (Å²) in [4.78, 5) is 35.9. The summed E-state index contributed by atoms with van der Waals surface area (Å²) in [6, 6.07) is 3.41. The number of carbonyl (C=O) groups excluding carboxylic acids is 2. The summed E-state index contributed by atoms with van der Waals surface area (Å²) in [6.45, 7) is 8.47. The van der Waals surface area contributed by atoms with Gasteiger partial charge in [-0.2, -0.15) is 0 Å². The van der Waals surface area contributed by atoms with E-state index in [9.17, 15) is 24.2 Å². The summed E-state index contributed by atoms with van der Waals surface area (Å²) >= 11 is 6.74. The summed E-state index contributed by atoms with van der Waals surface area (Å²) in [6.07, 6.45) is 0.970. The lowest BCUT2D eigenvalue weighted by atomic mass is 9.97. The summed E-state index contributed by atoms with van der Waals surface area (Å²) < 4.78 is 21.1. The van der Waals surface area contributed by atoms with E-state index >= 15 is 0 Å². The molecule has 3 aliphatic rings. The van der Waals surface area contributed by atoms with E-state index in [0.717, 1.165) is 0 Å². The molecule has 11 heteroatoms. The molecule has 2 unspecified atom stereocenters. The van der Waals surface area contributed by atoms with Crippen LogP contribution < -0.4 is 9.64 Å². The van der Waals surface area contributed by atoms with Gasteiger partial charge in [0.05, 0.1) is 23.2 Å². The number of hydrogen-bond donors (Lipinski definition) is 2. The highest BCUT2D eigenvalue weighted by molar-refractivity contribution is 6.35. The van der Waals surface area contributed by atoms with Crippen molar-refractivity contribution >= 4 is 29.2 Å². The van der Waals surface area contributed by atoms with Crippen LogP contribution in [-0.4, -0.2) is 87.3 Å². The molecule has 0 aliphatic carbocycles. The average Bonchev–Trinajstić information content (AvgIpc) is 3.04. The van der Waals surface area contributed by atoms with Gasteiger partial charge in [0.1, 0.15) is 40.3 Å². The van der Waals surface area contributed by atoms with E-state index in [1.54, 1.807) is 14.7 Å². The van der Waals surface area contributed by atoms with Crippen molar-refractivity contribution in [3.05, 3.63) is 47.3 Å². The van der Waals surface area contributed by atoms with Gasteiger partial charge in [-0.15, -0.1) is 0 Å². The molecule has 196 valence electrons. The Balaban J connectivity index is 1.70. The number of anilines is 1. The lowest BCUT2D eigenvalue weighted by molar-refractivity contribution is -0.128. The van der Waals surface area contributed by atoms with Crippen LogP contribution in [0.1, 0.15) is 30.6 Å². The van der Waals surface area contributed by atoms with Gasteiger partial charge in [0.25, 0.3) is 5.91 Å². The maximum Gasteiger partial charge on any atom is 0.261 e. The zero-order chi connectivity index (χ0) is 26.6. The summed E-state index contributed by atoms with van der Waals surface area (Å²) in [7, 11) is 0. The highest BCUT2D eigenvalue weighted by Crippen LogP contribution is 2.48. The number of fused-ring (bicyclic) bond motifs is 2. The molecule has 37 heavy (non-hydrogen) atoms. The third-order valence-electron chi connectivity index (χ3n) is 7.56. The molecule has 3 aliphatic heterocycles. The minimum absolute atomic E-state index is 0.0301. The van der Waals surface area contributed by atoms with Crippen LogP contribution >= 0.6 is 11.6 Å². The normalized spacial score (nSPS) is 22.7. The van der Waals surface area contributed by atoms with Crippen LogP contribution in [0.15, 0.2) is 30.9 Å². The fourth-order valence-corrected chi connectivity index (χ4v) is 5.62. The van der Waals surface area contributed by atoms with Crippen molar-refractivity contribution < 1.29 is 28.9 Å². The number of halogens is 2. The van der Waals surface area contributed by atoms with Gasteiger partial charge < -0.3 is 29.6 Å². The van der Waals surface area contributed by atoms with Crippen LogP contribution in [0.4, 0.5) is 10.2 Å². The maximum atomic E-state index is 14.9. The molecule has 0 saturated carbocycles. The smallest absolute Gasteiger partial charge is 0.261 e. The van der Waals surface area contributed by atoms with E-state index in [1.165, 1.54) is 24.3 Å². The Morgan fingerprint density at radius 2 is 2.05 bits per heavy atom. The summed E-state index contributed by atoms with van der Waals surface area (Å²) in [5, 5.41) is 21.1. The van der Waals surface area contributed by atoms with Gasteiger partial charge in [-0.25, -0.2) is 9.37 Å². The third-order valence-corrected chi connectivity index (χ3v) is 7.91. The highest BCUT2D eigenvalue weighted by atomic mass is 35.5. The summed E-state index contributed by atoms with van der Waals surface area (Å²) in [5.41, 5.74) is -0.975. The second-order valence-corrected chi connectivity index (χ2v) is 10.4. The van der Waals surface area contributed by atoms with Gasteiger partial charge in [0, 0.05) is 26.2 Å². The van der Waals surface area contributed by atoms with Gasteiger partial charge in [0.2, 0.25) is 5.91 Å². The Morgan fingerprint density at radius 3 is 2.70 bits per heavy atom. The number of aliphatic hydroxyl groups is 1. The first kappa shape index (κ1) is 25.3. The van der Waals surface area contributed by atoms with Gasteiger partial charge in [-0.1, -0.05) is 24.2 Å². The monoisotopic (exact) mass is 530 g/mol. The maximum absolute atomic E-state index is 14.9. The molecule has 9 nitrogen and oxygen atoms in total. The molecule has 4 heterocycles. The molecule has 0 radical (unpaired) electrons. The molecule has 1 aromatic carbocycles. The number of carbonyl (C=O) groups is 2. The fraction of sp³-hybridized carbons (Fsp3) is 0.423. The molecule has 5 rings (SSSR count). The van der Waals surface area contributed by atoms with Gasteiger partial charge in [0.15, 0.2) is 5.75 Å². The molecule has 2 amide bonds. The number of hydrogen-bond acceptors (Lipinski definition) is 7. The number of nitrogens with zero attached hydrogens (tertiary/aromatic N) is 4. The number of aromatic hydroxyl groups is 1. The minimum Gasteiger partial charge on any atom is -0.507 e. The minimum atomic E-state index is -0.801. The predicted molar refractivity (Wildman–Crippen MR) is 135 cm³/mol. The fourth-order valence-electron chi connectivity index (χ4n) is 5.34. The van der Waals surface area contributed by atoms with Crippen molar-refractivity contribution in [2.75, 3.05) is 37.7 Å². The van der Waals surface area contributed by atoms with Crippen LogP contribution in [0.25, 0.3) is 11.3 Å². The SMILES string of the molecule is C=CC(=O)N1CCN2C(=O)c3c(N4CCC(O)C4(C)C)nc(-c4c(O)cccc4F)c(Cl)c3OCC2C1. The average molecular weight is 531 g/mol. The first-order valence-corrected chi connectivity index (χ1v) is 12.5. The quantitative estimate of drug-likeness (QED) is 0.588. The second kappa shape index (κ2) is 9.18. The standard InChI is InChI=1S/C26H28ClFN4O5/c1-4-18(35)30-10-11-31-14(12-30)13-37-23-20(25(31)36)24(32-9-8-17(34)26(32,2)3)29-22(21(23)27)19-15(28)6-5-7-16(19)33/h4-7,14,17,33-34H,1,8-13H2,2-3H3. The van der Waals surface area contributed by atoms with E-state index in [1.807, 2.05) is 13.8 Å². The van der Waals surface area contributed by atoms with E-state index in [0.29, 0.717) is 19.5 Å². The van der Waals surface area contributed by atoms with E-state index in [2.05, 4.69) is 11.6 Å². The molecule has 2 aromatic rings. The molecular weight excluding hydrogens is 503 g/mol. The van der Waals surface area contributed by atoms with Crippen LogP contribution in [-0.2, 0) is 4.79 Å². The molecule has 2 saturated heterocycles. The number of pyridine rings is 1. The molecule has 1 aromatic heterocycles. The number of piperazine rings is 1. The number of benzene rings is 1. The molecule has 2 atom stereocenters. The zero-order valence-electron chi connectivity index (χ0n) is 20.6. The lowest BCUT2D eigenvalue weighted by Crippen LogP contribution is -2.57. The molecule has 0 bridgehead atoms. The third kappa shape index (κ3) is 3.99. The van der Waals surface area contributed by atoms with Gasteiger partial charge in [-0.3, -0.25) is 9.59 Å². The molecular formula is C26H28ClFN4O5. The van der Waals surface area contributed by atoms with Gasteiger partial charge >= 0.3 is 0 Å². The van der Waals surface area contributed by atoms with Crippen LogP contribution in [0.2, 0.25) is 5.02 Å². The topological polar surface area (TPSA) is 106 Å². The van der Waals surface area contributed by atoms with Crippen molar-refractivity contribution in [3.63, 3.8) is 0 Å². The first-order chi connectivity index (χ1) is 17.6. The Morgan fingerprint density at radius 1 is 1.30 bits per heavy atom. The lowest BCUT2D eigenvalue weighted by Gasteiger charge is -2.40. The molecule has 2 fully saturated rings. The molecule has 2 N–H and O–H groups in total. The van der Waals surface area contributed by atoms with E-state index in [4.69, 9.17) is 16.3 Å². The Kier molecular flexibility index (Phi) is 6.27. The summed E-state index contributed by atoms with van der Waals surface area (Å²) in [5.74, 6) is -1.50. The zero-order valence-corrected chi connectivity index (χ0v) is 21.3. The number of aromatic nitrogens is 1. The Bertz CT molecular complexity index is 1280. The Hall–Kier alpha value is -3.37. The predicted octanol–water partition coefficient (Wildman–Crippen LogP) is 2.83. The Labute approximate surface area is 218 Å². The number of amides is 2. The van der Waals surface area contributed by atoms with Crippen molar-refractivity contribution in [2.45, 2.75) is 38.0 Å². The largest absolute Gasteiger partial charge is 0.507 e. The van der Waals surface area contributed by atoms with Crippen LogP contribution in [0.5, 0.6) is 11.5 Å². The van der Waals surface area contributed by atoms with E-state index in [-0.39, 0.29) is 70.7 Å². The van der Waals surface area contributed by atoms with Crippen LogP contribution in [0.3, 0.4) is 0 Å². The van der Waals surface area contributed by atoms with Crippen molar-refractivity contribution in [2.24, 2.45) is 0 Å². The second-order valence-electron chi connectivity index (χ2n) is 10.00. The number of ether oxygens (including phenoxy) is 1.